The highest BCUT2D eigenvalue weighted by molar-refractivity contribution is 5.81. The lowest BCUT2D eigenvalue weighted by Gasteiger charge is -2.22. The van der Waals surface area contributed by atoms with Gasteiger partial charge in [0.15, 0.2) is 6.04 Å². The van der Waals surface area contributed by atoms with Gasteiger partial charge >= 0.3 is 12.1 Å². The van der Waals surface area contributed by atoms with Crippen LogP contribution in [0.4, 0.5) is 4.79 Å². The van der Waals surface area contributed by atoms with Crippen molar-refractivity contribution in [2.45, 2.75) is 51.2 Å². The van der Waals surface area contributed by atoms with Crippen molar-refractivity contribution in [1.29, 1.82) is 0 Å². The van der Waals surface area contributed by atoms with E-state index in [9.17, 15) is 14.7 Å². The van der Waals surface area contributed by atoms with E-state index in [1.54, 1.807) is 26.8 Å². The molecule has 1 atom stereocenters. The number of carboxylic acids is 1. The summed E-state index contributed by atoms with van der Waals surface area (Å²) in [5.41, 5.74) is 1.03. The number of carbonyl (C=O) groups is 2. The van der Waals surface area contributed by atoms with Crippen molar-refractivity contribution in [2.75, 3.05) is 0 Å². The van der Waals surface area contributed by atoms with Gasteiger partial charge in [0.05, 0.1) is 0 Å². The van der Waals surface area contributed by atoms with Crippen LogP contribution in [-0.4, -0.2) is 22.8 Å². The topological polar surface area (TPSA) is 75.6 Å². The first kappa shape index (κ1) is 15.4. The molecule has 1 fully saturated rings. The molecule has 2 N–H and O–H groups in total. The van der Waals surface area contributed by atoms with E-state index >= 15 is 0 Å². The van der Waals surface area contributed by atoms with Crippen LogP contribution in [0.5, 0.6) is 0 Å². The number of rotatable bonds is 4. The van der Waals surface area contributed by atoms with E-state index in [-0.39, 0.29) is 0 Å². The second-order valence-corrected chi connectivity index (χ2v) is 6.36. The molecule has 1 aliphatic carbocycles. The zero-order valence-corrected chi connectivity index (χ0v) is 12.6. The van der Waals surface area contributed by atoms with Crippen LogP contribution >= 0.6 is 0 Å². The molecule has 0 saturated heterocycles. The summed E-state index contributed by atoms with van der Waals surface area (Å²) in [5.74, 6) is -0.574. The van der Waals surface area contributed by atoms with Crippen molar-refractivity contribution < 1.29 is 19.4 Å². The Kier molecular flexibility index (Phi) is 4.21. The predicted octanol–water partition coefficient (Wildman–Crippen LogP) is 3.21. The molecule has 1 saturated carbocycles. The van der Waals surface area contributed by atoms with Crippen molar-refractivity contribution in [3.8, 4) is 0 Å². The third-order valence-electron chi connectivity index (χ3n) is 3.20. The summed E-state index contributed by atoms with van der Waals surface area (Å²) in [7, 11) is 0. The number of alkyl carbamates (subject to hydrolysis) is 1. The number of amides is 1. The third-order valence-corrected chi connectivity index (χ3v) is 3.20. The standard InChI is InChI=1S/C16H21NO4/c1-16(2,3)21-15(20)17-13(14(18)19)12-6-4-5-11(9-12)10-7-8-10/h4-6,9-10,13H,7-8H2,1-3H3,(H,17,20)(H,18,19). The fourth-order valence-corrected chi connectivity index (χ4v) is 2.12. The molecule has 114 valence electrons. The van der Waals surface area contributed by atoms with Crippen LogP contribution in [0.2, 0.25) is 0 Å². The molecule has 1 amide bonds. The number of aliphatic carboxylic acids is 1. The summed E-state index contributed by atoms with van der Waals surface area (Å²) >= 11 is 0. The lowest BCUT2D eigenvalue weighted by atomic mass is 10.0. The van der Waals surface area contributed by atoms with Crippen LogP contribution in [0.3, 0.4) is 0 Å². The monoisotopic (exact) mass is 291 g/mol. The van der Waals surface area contributed by atoms with Crippen LogP contribution in [0.1, 0.15) is 56.7 Å². The van der Waals surface area contributed by atoms with E-state index in [1.807, 2.05) is 18.2 Å². The van der Waals surface area contributed by atoms with Gasteiger partial charge in [0.1, 0.15) is 5.60 Å². The first-order valence-corrected chi connectivity index (χ1v) is 7.08. The molecule has 1 aromatic rings. The molecule has 21 heavy (non-hydrogen) atoms. The number of hydrogen-bond acceptors (Lipinski definition) is 3. The summed E-state index contributed by atoms with van der Waals surface area (Å²) in [4.78, 5) is 23.2. The van der Waals surface area contributed by atoms with Gasteiger partial charge in [-0.05, 0) is 50.7 Å². The molecule has 1 unspecified atom stereocenters. The van der Waals surface area contributed by atoms with Crippen LogP contribution < -0.4 is 5.32 Å². The van der Waals surface area contributed by atoms with E-state index in [1.165, 1.54) is 0 Å². The fourth-order valence-electron chi connectivity index (χ4n) is 2.12. The highest BCUT2D eigenvalue weighted by atomic mass is 16.6. The highest BCUT2D eigenvalue weighted by Crippen LogP contribution is 2.40. The van der Waals surface area contributed by atoms with Gasteiger partial charge in [0.25, 0.3) is 0 Å². The SMILES string of the molecule is CC(C)(C)OC(=O)NC(C(=O)O)c1cccc(C2CC2)c1. The second-order valence-electron chi connectivity index (χ2n) is 6.36. The number of carbonyl (C=O) groups excluding carboxylic acids is 1. The molecular formula is C16H21NO4. The van der Waals surface area contributed by atoms with Gasteiger partial charge in [-0.25, -0.2) is 9.59 Å². The van der Waals surface area contributed by atoms with Crippen LogP contribution in [0, 0.1) is 0 Å². The molecule has 0 heterocycles. The summed E-state index contributed by atoms with van der Waals surface area (Å²) < 4.78 is 5.12. The van der Waals surface area contributed by atoms with Crippen molar-refractivity contribution in [1.82, 2.24) is 5.32 Å². The van der Waals surface area contributed by atoms with Crippen LogP contribution in [0.15, 0.2) is 24.3 Å². The van der Waals surface area contributed by atoms with Crippen molar-refractivity contribution >= 4 is 12.1 Å². The van der Waals surface area contributed by atoms with Crippen LogP contribution in [-0.2, 0) is 9.53 Å². The van der Waals surface area contributed by atoms with Gasteiger partial charge in [-0.1, -0.05) is 24.3 Å². The summed E-state index contributed by atoms with van der Waals surface area (Å²) in [6, 6.07) is 6.29. The molecular weight excluding hydrogens is 270 g/mol. The van der Waals surface area contributed by atoms with Crippen LogP contribution in [0.25, 0.3) is 0 Å². The highest BCUT2D eigenvalue weighted by Gasteiger charge is 2.28. The normalized spacial score (nSPS) is 16.1. The summed E-state index contributed by atoms with van der Waals surface area (Å²) in [6.07, 6.45) is 1.55. The van der Waals surface area contributed by atoms with E-state index in [0.717, 1.165) is 18.4 Å². The average molecular weight is 291 g/mol. The molecule has 0 aromatic heterocycles. The first-order valence-electron chi connectivity index (χ1n) is 7.08. The Morgan fingerprint density at radius 2 is 2.00 bits per heavy atom. The third kappa shape index (κ3) is 4.48. The summed E-state index contributed by atoms with van der Waals surface area (Å²) in [6.45, 7) is 5.20. The van der Waals surface area contributed by atoms with E-state index < -0.39 is 23.7 Å². The maximum absolute atomic E-state index is 11.8. The molecule has 0 radical (unpaired) electrons. The Morgan fingerprint density at radius 3 is 2.52 bits per heavy atom. The molecule has 0 bridgehead atoms. The predicted molar refractivity (Wildman–Crippen MR) is 78.2 cm³/mol. The number of ether oxygens (including phenoxy) is 1. The average Bonchev–Trinajstić information content (AvgIpc) is 3.18. The van der Waals surface area contributed by atoms with E-state index in [2.05, 4.69) is 5.32 Å². The molecule has 0 aliphatic heterocycles. The number of carboxylic acid groups (broad SMARTS) is 1. The van der Waals surface area contributed by atoms with Gasteiger partial charge in [0, 0.05) is 0 Å². The zero-order valence-electron chi connectivity index (χ0n) is 12.6. The lowest BCUT2D eigenvalue weighted by molar-refractivity contribution is -0.139. The molecule has 1 aliphatic rings. The Bertz CT molecular complexity index is 543. The van der Waals surface area contributed by atoms with E-state index in [4.69, 9.17) is 4.74 Å². The maximum Gasteiger partial charge on any atom is 0.408 e. The quantitative estimate of drug-likeness (QED) is 0.893. The van der Waals surface area contributed by atoms with E-state index in [0.29, 0.717) is 11.5 Å². The van der Waals surface area contributed by atoms with Crippen molar-refractivity contribution in [2.24, 2.45) is 0 Å². The number of hydrogen-bond donors (Lipinski definition) is 2. The van der Waals surface area contributed by atoms with Gasteiger partial charge in [-0.2, -0.15) is 0 Å². The Labute approximate surface area is 124 Å². The van der Waals surface area contributed by atoms with Gasteiger partial charge < -0.3 is 15.2 Å². The number of nitrogens with one attached hydrogen (secondary N) is 1. The van der Waals surface area contributed by atoms with Gasteiger partial charge in [0.2, 0.25) is 0 Å². The second kappa shape index (κ2) is 5.76. The minimum absolute atomic E-state index is 0.529. The summed E-state index contributed by atoms with van der Waals surface area (Å²) in [5, 5.41) is 11.8. The first-order chi connectivity index (χ1) is 9.76. The fraction of sp³-hybridized carbons (Fsp3) is 0.500. The van der Waals surface area contributed by atoms with Gasteiger partial charge in [-0.15, -0.1) is 0 Å². The molecule has 1 aromatic carbocycles. The molecule has 5 nitrogen and oxygen atoms in total. The lowest BCUT2D eigenvalue weighted by Crippen LogP contribution is -2.38. The Hall–Kier alpha value is -2.04. The van der Waals surface area contributed by atoms with Gasteiger partial charge in [-0.3, -0.25) is 0 Å². The molecule has 5 heteroatoms. The number of benzene rings is 1. The smallest absolute Gasteiger partial charge is 0.408 e. The Balaban J connectivity index is 2.13. The Morgan fingerprint density at radius 1 is 1.33 bits per heavy atom. The van der Waals surface area contributed by atoms with Crippen molar-refractivity contribution in [3.63, 3.8) is 0 Å². The minimum atomic E-state index is -1.10. The zero-order chi connectivity index (χ0) is 15.6. The largest absolute Gasteiger partial charge is 0.479 e. The van der Waals surface area contributed by atoms with Crippen molar-refractivity contribution in [3.05, 3.63) is 35.4 Å². The molecule has 2 rings (SSSR count). The maximum atomic E-state index is 11.8. The molecule has 0 spiro atoms. The minimum Gasteiger partial charge on any atom is -0.479 e.